The topological polar surface area (TPSA) is 50.0 Å². The molecule has 23 heavy (non-hydrogen) atoms. The summed E-state index contributed by atoms with van der Waals surface area (Å²) in [5.41, 5.74) is 2.00. The Labute approximate surface area is 144 Å². The second-order valence-electron chi connectivity index (χ2n) is 5.43. The highest BCUT2D eigenvalue weighted by atomic mass is 79.9. The lowest BCUT2D eigenvalue weighted by Crippen LogP contribution is -2.83. The average Bonchev–Trinajstić information content (AvgIpc) is 3.05. The zero-order chi connectivity index (χ0) is 16.1. The van der Waals surface area contributed by atoms with Gasteiger partial charge in [-0.05, 0) is 29.8 Å². The Morgan fingerprint density at radius 1 is 0.957 bits per heavy atom. The molecule has 118 valence electrons. The monoisotopic (exact) mass is 372 g/mol. The minimum atomic E-state index is -0.461. The van der Waals surface area contributed by atoms with Crippen LogP contribution in [-0.2, 0) is 6.54 Å². The maximum atomic E-state index is 10.1. The third-order valence-corrected chi connectivity index (χ3v) is 4.24. The van der Waals surface area contributed by atoms with Gasteiger partial charge in [-0.2, -0.15) is 0 Å². The molecule has 3 aromatic rings. The Hall–Kier alpha value is -1.88. The fourth-order valence-corrected chi connectivity index (χ4v) is 2.72. The van der Waals surface area contributed by atoms with E-state index in [0.29, 0.717) is 13.1 Å². The summed E-state index contributed by atoms with van der Waals surface area (Å²) < 4.78 is 6.92. The van der Waals surface area contributed by atoms with Crippen molar-refractivity contribution in [3.05, 3.63) is 82.5 Å². The summed E-state index contributed by atoms with van der Waals surface area (Å²) in [6.45, 7) is 1.32. The number of rotatable bonds is 6. The second-order valence-corrected chi connectivity index (χ2v) is 6.34. The van der Waals surface area contributed by atoms with Gasteiger partial charge in [-0.25, -0.2) is 0 Å². The van der Waals surface area contributed by atoms with Gasteiger partial charge in [0.1, 0.15) is 25.0 Å². The number of quaternary nitrogens is 1. The third-order valence-electron chi connectivity index (χ3n) is 3.71. The lowest BCUT2D eigenvalue weighted by Gasteiger charge is -2.08. The molecule has 4 heteroatoms. The van der Waals surface area contributed by atoms with Crippen molar-refractivity contribution in [1.29, 1.82) is 0 Å². The van der Waals surface area contributed by atoms with Crippen molar-refractivity contribution in [2.75, 3.05) is 6.54 Å². The summed E-state index contributed by atoms with van der Waals surface area (Å²) in [4.78, 5) is 0. The normalized spacial score (nSPS) is 12.3. The maximum absolute atomic E-state index is 10.1. The van der Waals surface area contributed by atoms with Crippen molar-refractivity contribution in [3.63, 3.8) is 0 Å². The summed E-state index contributed by atoms with van der Waals surface area (Å²) in [6, 6.07) is 21.7. The molecule has 0 aliphatic carbocycles. The number of furan rings is 1. The van der Waals surface area contributed by atoms with Gasteiger partial charge in [0, 0.05) is 10.0 Å². The van der Waals surface area contributed by atoms with Gasteiger partial charge in [0.05, 0.1) is 0 Å². The van der Waals surface area contributed by atoms with Gasteiger partial charge in [-0.1, -0.05) is 58.4 Å². The summed E-state index contributed by atoms with van der Waals surface area (Å²) in [5, 5.41) is 12.2. The van der Waals surface area contributed by atoms with E-state index in [0.717, 1.165) is 27.1 Å². The summed E-state index contributed by atoms with van der Waals surface area (Å²) in [5.74, 6) is 1.77. The highest BCUT2D eigenvalue weighted by Gasteiger charge is 2.10. The van der Waals surface area contributed by atoms with Crippen molar-refractivity contribution in [2.45, 2.75) is 12.6 Å². The first-order valence-corrected chi connectivity index (χ1v) is 8.41. The molecule has 0 saturated carbocycles. The molecule has 0 fully saturated rings. The standard InChI is InChI=1S/C19H18BrNO2/c20-16-8-6-15(7-9-16)19-11-10-17(23-19)12-21-13-18(22)14-4-2-1-3-5-14/h1-11,18,21-22H,12-13H2/p+1/t18-/m1/s1. The quantitative estimate of drug-likeness (QED) is 0.695. The van der Waals surface area contributed by atoms with E-state index < -0.39 is 6.10 Å². The van der Waals surface area contributed by atoms with Gasteiger partial charge in [0.2, 0.25) is 0 Å². The fourth-order valence-electron chi connectivity index (χ4n) is 2.45. The third kappa shape index (κ3) is 4.32. The van der Waals surface area contributed by atoms with Gasteiger partial charge in [0.25, 0.3) is 0 Å². The lowest BCUT2D eigenvalue weighted by molar-refractivity contribution is -0.679. The van der Waals surface area contributed by atoms with Crippen LogP contribution < -0.4 is 5.32 Å². The molecule has 0 radical (unpaired) electrons. The van der Waals surface area contributed by atoms with Crippen LogP contribution in [0.4, 0.5) is 0 Å². The molecule has 1 atom stereocenters. The predicted molar refractivity (Wildman–Crippen MR) is 93.7 cm³/mol. The van der Waals surface area contributed by atoms with Crippen LogP contribution in [0.5, 0.6) is 0 Å². The summed E-state index contributed by atoms with van der Waals surface area (Å²) in [7, 11) is 0. The SMILES string of the molecule is O[C@H](C[NH2+]Cc1ccc(-c2ccc(Br)cc2)o1)c1ccccc1. The zero-order valence-corrected chi connectivity index (χ0v) is 14.2. The van der Waals surface area contributed by atoms with Crippen molar-refractivity contribution in [3.8, 4) is 11.3 Å². The van der Waals surface area contributed by atoms with Crippen molar-refractivity contribution >= 4 is 15.9 Å². The molecule has 3 nitrogen and oxygen atoms in total. The molecule has 0 amide bonds. The molecule has 0 aliphatic heterocycles. The Morgan fingerprint density at radius 2 is 1.70 bits per heavy atom. The van der Waals surface area contributed by atoms with Crippen LogP contribution in [-0.4, -0.2) is 11.7 Å². The van der Waals surface area contributed by atoms with Gasteiger partial charge >= 0.3 is 0 Å². The van der Waals surface area contributed by atoms with Crippen LogP contribution in [0.1, 0.15) is 17.4 Å². The Balaban J connectivity index is 1.54. The molecule has 2 aromatic carbocycles. The lowest BCUT2D eigenvalue weighted by atomic mass is 10.1. The number of halogens is 1. The molecule has 3 rings (SSSR count). The molecule has 0 aliphatic rings. The second kappa shape index (κ2) is 7.59. The van der Waals surface area contributed by atoms with Crippen molar-refractivity contribution in [1.82, 2.24) is 0 Å². The van der Waals surface area contributed by atoms with Crippen molar-refractivity contribution < 1.29 is 14.8 Å². The van der Waals surface area contributed by atoms with E-state index in [9.17, 15) is 5.11 Å². The van der Waals surface area contributed by atoms with Gasteiger partial charge < -0.3 is 14.8 Å². The number of hydrogen-bond donors (Lipinski definition) is 2. The smallest absolute Gasteiger partial charge is 0.158 e. The van der Waals surface area contributed by atoms with Crippen LogP contribution >= 0.6 is 15.9 Å². The van der Waals surface area contributed by atoms with Crippen LogP contribution in [0.15, 0.2) is 75.6 Å². The van der Waals surface area contributed by atoms with E-state index >= 15 is 0 Å². The van der Waals surface area contributed by atoms with E-state index in [4.69, 9.17) is 4.42 Å². The number of aliphatic hydroxyl groups excluding tert-OH is 1. The fraction of sp³-hybridized carbons (Fsp3) is 0.158. The molecule has 1 heterocycles. The first-order valence-electron chi connectivity index (χ1n) is 7.62. The Morgan fingerprint density at radius 3 is 2.43 bits per heavy atom. The predicted octanol–water partition coefficient (Wildman–Crippen LogP) is 3.51. The minimum absolute atomic E-state index is 0.461. The largest absolute Gasteiger partial charge is 0.455 e. The van der Waals surface area contributed by atoms with E-state index in [1.54, 1.807) is 0 Å². The number of benzene rings is 2. The van der Waals surface area contributed by atoms with Crippen molar-refractivity contribution in [2.24, 2.45) is 0 Å². The molecule has 0 unspecified atom stereocenters. The first-order chi connectivity index (χ1) is 11.2. The van der Waals surface area contributed by atoms with E-state index in [2.05, 4.69) is 21.2 Å². The minimum Gasteiger partial charge on any atom is -0.455 e. The van der Waals surface area contributed by atoms with Gasteiger partial charge in [-0.15, -0.1) is 0 Å². The Kier molecular flexibility index (Phi) is 5.28. The highest BCUT2D eigenvalue weighted by molar-refractivity contribution is 9.10. The molecule has 1 aromatic heterocycles. The van der Waals surface area contributed by atoms with Gasteiger partial charge in [-0.3, -0.25) is 0 Å². The van der Waals surface area contributed by atoms with E-state index in [1.807, 2.05) is 66.7 Å². The average molecular weight is 373 g/mol. The molecule has 0 spiro atoms. The Bertz CT molecular complexity index is 738. The van der Waals surface area contributed by atoms with Crippen LogP contribution in [0.3, 0.4) is 0 Å². The summed E-state index contributed by atoms with van der Waals surface area (Å²) in [6.07, 6.45) is -0.461. The molecule has 0 bridgehead atoms. The molecule has 3 N–H and O–H groups in total. The van der Waals surface area contributed by atoms with Crippen LogP contribution in [0.25, 0.3) is 11.3 Å². The van der Waals surface area contributed by atoms with Crippen LogP contribution in [0, 0.1) is 0 Å². The molecular weight excluding hydrogens is 354 g/mol. The number of hydrogen-bond acceptors (Lipinski definition) is 2. The highest BCUT2D eigenvalue weighted by Crippen LogP contribution is 2.23. The number of nitrogens with two attached hydrogens (primary N) is 1. The molecule has 0 saturated heterocycles. The van der Waals surface area contributed by atoms with Gasteiger partial charge in [0.15, 0.2) is 5.76 Å². The van der Waals surface area contributed by atoms with Crippen LogP contribution in [0.2, 0.25) is 0 Å². The molecular formula is C19H19BrNO2+. The van der Waals surface area contributed by atoms with E-state index in [1.165, 1.54) is 0 Å². The first kappa shape index (κ1) is 16.0. The maximum Gasteiger partial charge on any atom is 0.158 e. The number of aliphatic hydroxyl groups is 1. The zero-order valence-electron chi connectivity index (χ0n) is 12.7. The van der Waals surface area contributed by atoms with E-state index in [-0.39, 0.29) is 0 Å². The summed E-state index contributed by atoms with van der Waals surface area (Å²) >= 11 is 3.43.